The van der Waals surface area contributed by atoms with E-state index in [1.165, 1.54) is 12.1 Å². The Hall–Kier alpha value is -1.42. The fourth-order valence-corrected chi connectivity index (χ4v) is 1.13. The summed E-state index contributed by atoms with van der Waals surface area (Å²) in [6.07, 6.45) is 0. The number of halogens is 1. The van der Waals surface area contributed by atoms with E-state index >= 15 is 0 Å². The molecule has 0 atom stereocenters. The molecule has 0 saturated heterocycles. The lowest BCUT2D eigenvalue weighted by molar-refractivity contribution is 0.0953. The zero-order chi connectivity index (χ0) is 10.6. The van der Waals surface area contributed by atoms with Gasteiger partial charge in [0.1, 0.15) is 5.82 Å². The minimum atomic E-state index is -0.370. The highest BCUT2D eigenvalue weighted by molar-refractivity contribution is 5.95. The van der Waals surface area contributed by atoms with E-state index in [1.807, 2.05) is 0 Å². The highest BCUT2D eigenvalue weighted by atomic mass is 19.1. The van der Waals surface area contributed by atoms with E-state index in [2.05, 4.69) is 5.32 Å². The molecule has 1 aromatic rings. The van der Waals surface area contributed by atoms with Crippen molar-refractivity contribution in [3.05, 3.63) is 35.1 Å². The Bertz CT molecular complexity index is 339. The van der Waals surface area contributed by atoms with Crippen LogP contribution in [-0.2, 0) is 0 Å². The summed E-state index contributed by atoms with van der Waals surface area (Å²) in [7, 11) is 0. The molecule has 0 bridgehead atoms. The molecule has 0 unspecified atom stereocenters. The molecular formula is C10H13FN2O. The van der Waals surface area contributed by atoms with Crippen LogP contribution in [0.25, 0.3) is 0 Å². The molecule has 3 N–H and O–H groups in total. The molecule has 0 aliphatic heterocycles. The van der Waals surface area contributed by atoms with E-state index in [-0.39, 0.29) is 11.7 Å². The lowest BCUT2D eigenvalue weighted by Gasteiger charge is -2.06. The van der Waals surface area contributed by atoms with Crippen molar-refractivity contribution < 1.29 is 9.18 Å². The van der Waals surface area contributed by atoms with Crippen molar-refractivity contribution >= 4 is 5.91 Å². The van der Waals surface area contributed by atoms with Gasteiger partial charge in [-0.2, -0.15) is 0 Å². The van der Waals surface area contributed by atoms with Crippen molar-refractivity contribution in [2.45, 2.75) is 6.92 Å². The minimum absolute atomic E-state index is 0.285. The van der Waals surface area contributed by atoms with Gasteiger partial charge in [-0.1, -0.05) is 6.07 Å². The molecule has 0 radical (unpaired) electrons. The number of rotatable bonds is 3. The molecule has 0 heterocycles. The molecule has 0 aliphatic carbocycles. The van der Waals surface area contributed by atoms with Crippen LogP contribution < -0.4 is 11.1 Å². The van der Waals surface area contributed by atoms with Crippen LogP contribution in [0, 0.1) is 12.7 Å². The van der Waals surface area contributed by atoms with Gasteiger partial charge in [0.2, 0.25) is 0 Å². The lowest BCUT2D eigenvalue weighted by Crippen LogP contribution is -2.29. The largest absolute Gasteiger partial charge is 0.351 e. The van der Waals surface area contributed by atoms with Gasteiger partial charge in [0.25, 0.3) is 5.91 Å². The second kappa shape index (κ2) is 4.72. The van der Waals surface area contributed by atoms with Crippen LogP contribution in [0.4, 0.5) is 4.39 Å². The maximum absolute atomic E-state index is 13.1. The number of nitrogens with two attached hydrogens (primary N) is 1. The van der Waals surface area contributed by atoms with E-state index in [1.54, 1.807) is 13.0 Å². The normalized spacial score (nSPS) is 9.93. The number of carbonyl (C=O) groups is 1. The van der Waals surface area contributed by atoms with Crippen molar-refractivity contribution in [3.63, 3.8) is 0 Å². The van der Waals surface area contributed by atoms with Gasteiger partial charge in [-0.15, -0.1) is 0 Å². The quantitative estimate of drug-likeness (QED) is 0.752. The highest BCUT2D eigenvalue weighted by Crippen LogP contribution is 2.11. The summed E-state index contributed by atoms with van der Waals surface area (Å²) < 4.78 is 13.1. The van der Waals surface area contributed by atoms with Crippen LogP contribution in [0.5, 0.6) is 0 Å². The Morgan fingerprint density at radius 1 is 1.57 bits per heavy atom. The van der Waals surface area contributed by atoms with E-state index in [0.29, 0.717) is 24.2 Å². The van der Waals surface area contributed by atoms with Gasteiger partial charge in [-0.3, -0.25) is 4.79 Å². The van der Waals surface area contributed by atoms with Crippen molar-refractivity contribution in [2.75, 3.05) is 13.1 Å². The third-order valence-corrected chi connectivity index (χ3v) is 1.94. The minimum Gasteiger partial charge on any atom is -0.351 e. The zero-order valence-corrected chi connectivity index (χ0v) is 8.01. The molecule has 0 saturated carbocycles. The van der Waals surface area contributed by atoms with Gasteiger partial charge >= 0.3 is 0 Å². The first-order valence-corrected chi connectivity index (χ1v) is 4.40. The average Bonchev–Trinajstić information content (AvgIpc) is 2.18. The number of benzene rings is 1. The molecule has 1 aromatic carbocycles. The van der Waals surface area contributed by atoms with Crippen LogP contribution >= 0.6 is 0 Å². The van der Waals surface area contributed by atoms with Crippen LogP contribution in [0.3, 0.4) is 0 Å². The first kappa shape index (κ1) is 10.7. The SMILES string of the molecule is Cc1c(F)cccc1C(=O)NCCN. The zero-order valence-electron chi connectivity index (χ0n) is 8.01. The Balaban J connectivity index is 2.84. The standard InChI is InChI=1S/C10H13FN2O/c1-7-8(3-2-4-9(7)11)10(14)13-6-5-12/h2-4H,5-6,12H2,1H3,(H,13,14). The van der Waals surface area contributed by atoms with Gasteiger partial charge in [0, 0.05) is 18.7 Å². The first-order valence-electron chi connectivity index (χ1n) is 4.40. The van der Waals surface area contributed by atoms with E-state index in [9.17, 15) is 9.18 Å². The first-order chi connectivity index (χ1) is 6.66. The third-order valence-electron chi connectivity index (χ3n) is 1.94. The number of amides is 1. The summed E-state index contributed by atoms with van der Waals surface area (Å²) in [6.45, 7) is 2.35. The van der Waals surface area contributed by atoms with E-state index < -0.39 is 0 Å². The Kier molecular flexibility index (Phi) is 3.59. The van der Waals surface area contributed by atoms with E-state index in [0.717, 1.165) is 0 Å². The summed E-state index contributed by atoms with van der Waals surface area (Å²) in [4.78, 5) is 11.4. The van der Waals surface area contributed by atoms with Gasteiger partial charge in [0.15, 0.2) is 0 Å². The van der Waals surface area contributed by atoms with Crippen LogP contribution in [0.15, 0.2) is 18.2 Å². The summed E-state index contributed by atoms with van der Waals surface area (Å²) >= 11 is 0. The monoisotopic (exact) mass is 196 g/mol. The number of carbonyl (C=O) groups excluding carboxylic acids is 1. The Morgan fingerprint density at radius 3 is 2.93 bits per heavy atom. The van der Waals surface area contributed by atoms with Crippen molar-refractivity contribution in [3.8, 4) is 0 Å². The maximum Gasteiger partial charge on any atom is 0.251 e. The van der Waals surface area contributed by atoms with E-state index in [4.69, 9.17) is 5.73 Å². The van der Waals surface area contributed by atoms with Crippen LogP contribution in [0.2, 0.25) is 0 Å². The summed E-state index contributed by atoms with van der Waals surface area (Å²) in [5, 5.41) is 2.59. The summed E-state index contributed by atoms with van der Waals surface area (Å²) in [5.74, 6) is -0.655. The van der Waals surface area contributed by atoms with Gasteiger partial charge in [-0.05, 0) is 24.6 Å². The fourth-order valence-electron chi connectivity index (χ4n) is 1.13. The van der Waals surface area contributed by atoms with Crippen LogP contribution in [-0.4, -0.2) is 19.0 Å². The molecule has 1 rings (SSSR count). The topological polar surface area (TPSA) is 55.1 Å². The molecule has 0 spiro atoms. The second-order valence-electron chi connectivity index (χ2n) is 2.96. The number of hydrogen-bond acceptors (Lipinski definition) is 2. The van der Waals surface area contributed by atoms with Crippen LogP contribution in [0.1, 0.15) is 15.9 Å². The predicted molar refractivity (Wildman–Crippen MR) is 52.5 cm³/mol. The Morgan fingerprint density at radius 2 is 2.29 bits per heavy atom. The predicted octanol–water partition coefficient (Wildman–Crippen LogP) is 0.823. The molecule has 14 heavy (non-hydrogen) atoms. The second-order valence-corrected chi connectivity index (χ2v) is 2.96. The van der Waals surface area contributed by atoms with Gasteiger partial charge in [0.05, 0.1) is 0 Å². The third kappa shape index (κ3) is 2.29. The lowest BCUT2D eigenvalue weighted by atomic mass is 10.1. The smallest absolute Gasteiger partial charge is 0.251 e. The molecule has 1 amide bonds. The fraction of sp³-hybridized carbons (Fsp3) is 0.300. The molecule has 0 fully saturated rings. The summed E-state index contributed by atoms with van der Waals surface area (Å²) in [6, 6.07) is 4.43. The molecule has 4 heteroatoms. The highest BCUT2D eigenvalue weighted by Gasteiger charge is 2.10. The molecule has 0 aliphatic rings. The van der Waals surface area contributed by atoms with Crippen molar-refractivity contribution in [2.24, 2.45) is 5.73 Å². The molecule has 76 valence electrons. The van der Waals surface area contributed by atoms with Crippen molar-refractivity contribution in [1.82, 2.24) is 5.32 Å². The molecule has 0 aromatic heterocycles. The van der Waals surface area contributed by atoms with Gasteiger partial charge in [-0.25, -0.2) is 4.39 Å². The Labute approximate surface area is 82.1 Å². The van der Waals surface area contributed by atoms with Gasteiger partial charge < -0.3 is 11.1 Å². The summed E-state index contributed by atoms with van der Waals surface area (Å²) in [5.41, 5.74) is 5.96. The molecular weight excluding hydrogens is 183 g/mol. The van der Waals surface area contributed by atoms with Crippen molar-refractivity contribution in [1.29, 1.82) is 0 Å². The molecule has 3 nitrogen and oxygen atoms in total. The number of nitrogens with one attached hydrogen (secondary N) is 1. The number of hydrogen-bond donors (Lipinski definition) is 2. The average molecular weight is 196 g/mol. The maximum atomic E-state index is 13.1.